The number of nitrogens with one attached hydrogen (secondary N) is 2. The first-order valence-electron chi connectivity index (χ1n) is 10.3. The van der Waals surface area contributed by atoms with Gasteiger partial charge in [0, 0.05) is 5.69 Å². The second kappa shape index (κ2) is 10.5. The summed E-state index contributed by atoms with van der Waals surface area (Å²) in [5.74, 6) is 0. The monoisotopic (exact) mass is 624 g/mol. The predicted octanol–water partition coefficient (Wildman–Crippen LogP) is 6.81. The van der Waals surface area contributed by atoms with E-state index in [4.69, 9.17) is 0 Å². The second-order valence-corrected chi connectivity index (χ2v) is 11.4. The van der Waals surface area contributed by atoms with Crippen LogP contribution in [-0.4, -0.2) is 16.8 Å². The highest BCUT2D eigenvalue weighted by Crippen LogP contribution is 2.38. The van der Waals surface area contributed by atoms with Gasteiger partial charge in [0.15, 0.2) is 0 Å². The van der Waals surface area contributed by atoms with E-state index < -0.39 is 88.7 Å². The van der Waals surface area contributed by atoms with E-state index >= 15 is 0 Å². The van der Waals surface area contributed by atoms with Crippen molar-refractivity contribution in [2.75, 3.05) is 9.44 Å². The summed E-state index contributed by atoms with van der Waals surface area (Å²) >= 11 is 0. The number of rotatable bonds is 7. The lowest BCUT2D eigenvalue weighted by Crippen LogP contribution is -2.18. The summed E-state index contributed by atoms with van der Waals surface area (Å²) in [6.45, 7) is -1.39. The largest absolute Gasteiger partial charge is 0.416 e. The van der Waals surface area contributed by atoms with Crippen LogP contribution in [0.3, 0.4) is 0 Å². The highest BCUT2D eigenvalue weighted by atomic mass is 32.2. The molecule has 0 spiro atoms. The third kappa shape index (κ3) is 7.35. The first kappa shape index (κ1) is 31.0. The minimum absolute atomic E-state index is 0.0883. The maximum Gasteiger partial charge on any atom is 0.416 e. The Hall–Kier alpha value is -3.54. The highest BCUT2D eigenvalue weighted by Gasteiger charge is 2.37. The van der Waals surface area contributed by atoms with Crippen molar-refractivity contribution in [3.8, 4) is 0 Å². The molecule has 218 valence electrons. The summed E-state index contributed by atoms with van der Waals surface area (Å²) < 4.78 is 185. The molecule has 0 aliphatic rings. The third-order valence-corrected chi connectivity index (χ3v) is 7.75. The number of hydrogen-bond acceptors (Lipinski definition) is 4. The van der Waals surface area contributed by atoms with Crippen LogP contribution in [0.25, 0.3) is 0 Å². The van der Waals surface area contributed by atoms with Gasteiger partial charge in [0.2, 0.25) is 0 Å². The Morgan fingerprint density at radius 1 is 0.550 bits per heavy atom. The molecular weight excluding hydrogens is 610 g/mol. The quantitative estimate of drug-likeness (QED) is 0.283. The maximum atomic E-state index is 13.1. The molecule has 0 atom stereocenters. The number of halogens is 10. The van der Waals surface area contributed by atoms with Crippen molar-refractivity contribution >= 4 is 31.4 Å². The first-order chi connectivity index (χ1) is 18.1. The maximum absolute atomic E-state index is 13.1. The van der Waals surface area contributed by atoms with Crippen LogP contribution in [0.4, 0.5) is 55.3 Å². The molecule has 6 nitrogen and oxygen atoms in total. The van der Waals surface area contributed by atoms with E-state index in [1.54, 1.807) is 4.72 Å². The van der Waals surface area contributed by atoms with Gasteiger partial charge in [-0.15, -0.1) is 0 Å². The molecule has 0 heterocycles. The highest BCUT2D eigenvalue weighted by molar-refractivity contribution is 7.93. The molecule has 0 aliphatic heterocycles. The lowest BCUT2D eigenvalue weighted by molar-refractivity contribution is -0.143. The lowest BCUT2D eigenvalue weighted by atomic mass is 10.1. The van der Waals surface area contributed by atoms with Crippen LogP contribution >= 0.6 is 0 Å². The summed E-state index contributed by atoms with van der Waals surface area (Å²) in [6, 6.07) is 4.33. The third-order valence-electron chi connectivity index (χ3n) is 4.99. The molecule has 18 heteroatoms. The summed E-state index contributed by atoms with van der Waals surface area (Å²) in [6.07, 6.45) is -15.5. The van der Waals surface area contributed by atoms with Crippen molar-refractivity contribution in [1.82, 2.24) is 0 Å². The molecule has 2 N–H and O–H groups in total. The summed E-state index contributed by atoms with van der Waals surface area (Å²) in [5.41, 5.74) is -7.44. The molecule has 0 saturated carbocycles. The van der Waals surface area contributed by atoms with Gasteiger partial charge in [-0.3, -0.25) is 9.44 Å². The normalized spacial score (nSPS) is 13.2. The molecule has 0 unspecified atom stereocenters. The minimum Gasteiger partial charge on any atom is -0.280 e. The van der Waals surface area contributed by atoms with Gasteiger partial charge in [0.1, 0.15) is 6.67 Å². The van der Waals surface area contributed by atoms with Crippen molar-refractivity contribution in [3.05, 3.63) is 82.9 Å². The van der Waals surface area contributed by atoms with Gasteiger partial charge in [0.05, 0.1) is 32.2 Å². The van der Waals surface area contributed by atoms with E-state index in [0.717, 1.165) is 24.3 Å². The molecule has 0 amide bonds. The fourth-order valence-electron chi connectivity index (χ4n) is 3.24. The zero-order chi connectivity index (χ0) is 30.3. The number of sulfonamides is 2. The van der Waals surface area contributed by atoms with Crippen LogP contribution < -0.4 is 9.44 Å². The van der Waals surface area contributed by atoms with Gasteiger partial charge in [-0.2, -0.15) is 39.5 Å². The number of benzene rings is 3. The zero-order valence-electron chi connectivity index (χ0n) is 19.2. The minimum atomic E-state index is -5.29. The lowest BCUT2D eigenvalue weighted by Gasteiger charge is -2.16. The van der Waals surface area contributed by atoms with E-state index in [2.05, 4.69) is 0 Å². The van der Waals surface area contributed by atoms with Crippen LogP contribution in [0.1, 0.15) is 22.3 Å². The average Bonchev–Trinajstić information content (AvgIpc) is 2.81. The molecule has 3 aromatic carbocycles. The fraction of sp³-hybridized carbons (Fsp3) is 0.182. The van der Waals surface area contributed by atoms with Crippen LogP contribution in [-0.2, 0) is 45.3 Å². The van der Waals surface area contributed by atoms with Crippen LogP contribution in [0, 0.1) is 0 Å². The summed E-state index contributed by atoms with van der Waals surface area (Å²) in [5, 5.41) is 0. The van der Waals surface area contributed by atoms with Crippen LogP contribution in [0.5, 0.6) is 0 Å². The van der Waals surface area contributed by atoms with Crippen molar-refractivity contribution in [3.63, 3.8) is 0 Å². The number of anilines is 2. The van der Waals surface area contributed by atoms with E-state index in [1.165, 1.54) is 4.72 Å². The molecule has 3 rings (SSSR count). The Balaban J connectivity index is 1.99. The molecule has 0 aromatic heterocycles. The van der Waals surface area contributed by atoms with Gasteiger partial charge >= 0.3 is 18.5 Å². The van der Waals surface area contributed by atoms with Gasteiger partial charge in [-0.1, -0.05) is 6.07 Å². The predicted molar refractivity (Wildman–Crippen MR) is 121 cm³/mol. The number of hydrogen-bond donors (Lipinski definition) is 2. The standard InChI is InChI=1S/C22H14F10N2O4S2/c23-11-12-4-13(20(24,25)26)7-16(5-12)33-39(35,36)18-2-1-3-19(10-18)40(37,38)34-17-8-14(21(27,28)29)6-15(9-17)22(30,31)32/h1-10,33-34H,11H2. The van der Waals surface area contributed by atoms with Crippen LogP contribution in [0.2, 0.25) is 0 Å². The molecule has 0 bridgehead atoms. The van der Waals surface area contributed by atoms with Crippen LogP contribution in [0.15, 0.2) is 70.5 Å². The van der Waals surface area contributed by atoms with Gasteiger partial charge in [-0.25, -0.2) is 21.2 Å². The van der Waals surface area contributed by atoms with Crippen molar-refractivity contribution in [1.29, 1.82) is 0 Å². The molecule has 0 aliphatic carbocycles. The Bertz CT molecular complexity index is 1600. The topological polar surface area (TPSA) is 92.3 Å². The second-order valence-electron chi connectivity index (χ2n) is 8.03. The Morgan fingerprint density at radius 2 is 0.925 bits per heavy atom. The molecule has 0 fully saturated rings. The van der Waals surface area contributed by atoms with Crippen molar-refractivity contribution < 1.29 is 60.7 Å². The summed E-state index contributed by atoms with van der Waals surface area (Å²) in [4.78, 5) is -1.80. The fourth-order valence-corrected chi connectivity index (χ4v) is 5.49. The van der Waals surface area contributed by atoms with Crippen molar-refractivity contribution in [2.24, 2.45) is 0 Å². The SMILES string of the molecule is O=S(=O)(Nc1cc(CF)cc(C(F)(F)F)c1)c1cccc(S(=O)(=O)Nc2cc(C(F)(F)F)cc(C(F)(F)F)c2)c1. The van der Waals surface area contributed by atoms with Gasteiger partial charge in [-0.05, 0) is 60.2 Å². The smallest absolute Gasteiger partial charge is 0.280 e. The molecule has 0 radical (unpaired) electrons. The van der Waals surface area contributed by atoms with E-state index in [0.29, 0.717) is 18.2 Å². The van der Waals surface area contributed by atoms with E-state index in [1.807, 2.05) is 0 Å². The Morgan fingerprint density at radius 3 is 1.30 bits per heavy atom. The number of alkyl halides is 10. The van der Waals surface area contributed by atoms with Gasteiger partial charge < -0.3 is 0 Å². The first-order valence-corrected chi connectivity index (χ1v) is 13.3. The average molecular weight is 624 g/mol. The van der Waals surface area contributed by atoms with Crippen molar-refractivity contribution in [2.45, 2.75) is 35.0 Å². The molecule has 40 heavy (non-hydrogen) atoms. The summed E-state index contributed by atoms with van der Waals surface area (Å²) in [7, 11) is -9.84. The van der Waals surface area contributed by atoms with E-state index in [-0.39, 0.29) is 18.2 Å². The van der Waals surface area contributed by atoms with E-state index in [9.17, 15) is 60.7 Å². The Labute approximate surface area is 219 Å². The molecular formula is C22H14F10N2O4S2. The zero-order valence-corrected chi connectivity index (χ0v) is 20.8. The Kier molecular flexibility index (Phi) is 8.10. The molecule has 3 aromatic rings. The van der Waals surface area contributed by atoms with Gasteiger partial charge in [0.25, 0.3) is 20.0 Å². The molecule has 0 saturated heterocycles.